The van der Waals surface area contributed by atoms with E-state index >= 15 is 0 Å². The van der Waals surface area contributed by atoms with E-state index in [-0.39, 0.29) is 6.04 Å². The van der Waals surface area contributed by atoms with Gasteiger partial charge < -0.3 is 10.1 Å². The highest BCUT2D eigenvalue weighted by molar-refractivity contribution is 9.11. The number of methoxy groups -OCH3 is 1. The van der Waals surface area contributed by atoms with Gasteiger partial charge in [0.2, 0.25) is 0 Å². The highest BCUT2D eigenvalue weighted by atomic mass is 79.9. The summed E-state index contributed by atoms with van der Waals surface area (Å²) in [6.07, 6.45) is 0. The fourth-order valence-electron chi connectivity index (χ4n) is 2.01. The third-order valence-electron chi connectivity index (χ3n) is 2.99. The maximum atomic E-state index is 5.52. The predicted octanol–water partition coefficient (Wildman–Crippen LogP) is 4.90. The summed E-state index contributed by atoms with van der Waals surface area (Å²) in [5.74, 6) is 0.907. The number of halogens is 2. The Balaban J connectivity index is 2.51. The Morgan fingerprint density at radius 1 is 1.26 bits per heavy atom. The molecule has 5 heteroatoms. The number of ether oxygens (including phenoxy) is 1. The first kappa shape index (κ1) is 15.0. The highest BCUT2D eigenvalue weighted by Crippen LogP contribution is 2.37. The number of hydrogen-bond donors (Lipinski definition) is 1. The first-order valence-electron chi connectivity index (χ1n) is 5.83. The molecule has 0 saturated heterocycles. The van der Waals surface area contributed by atoms with Crippen molar-refractivity contribution in [1.82, 2.24) is 5.32 Å². The maximum Gasteiger partial charge on any atom is 0.124 e. The van der Waals surface area contributed by atoms with Crippen molar-refractivity contribution < 1.29 is 4.74 Å². The van der Waals surface area contributed by atoms with Crippen molar-refractivity contribution in [2.75, 3.05) is 14.2 Å². The average Bonchev–Trinajstić information content (AvgIpc) is 2.81. The number of thiophene rings is 1. The molecule has 1 N–H and O–H groups in total. The minimum atomic E-state index is 0.128. The topological polar surface area (TPSA) is 21.3 Å². The molecule has 2 nitrogen and oxygen atoms in total. The van der Waals surface area contributed by atoms with Crippen LogP contribution in [0.2, 0.25) is 0 Å². The van der Waals surface area contributed by atoms with Crippen LogP contribution in [-0.2, 0) is 0 Å². The summed E-state index contributed by atoms with van der Waals surface area (Å²) in [5.41, 5.74) is 2.31. The third kappa shape index (κ3) is 3.21. The highest BCUT2D eigenvalue weighted by Gasteiger charge is 2.19. The fourth-order valence-corrected chi connectivity index (χ4v) is 3.92. The van der Waals surface area contributed by atoms with E-state index in [1.807, 2.05) is 7.05 Å². The summed E-state index contributed by atoms with van der Waals surface area (Å²) < 4.78 is 7.75. The molecular formula is C14H15Br2NOS. The van der Waals surface area contributed by atoms with Gasteiger partial charge in [0, 0.05) is 14.9 Å². The molecular weight excluding hydrogens is 390 g/mol. The van der Waals surface area contributed by atoms with Gasteiger partial charge in [-0.25, -0.2) is 0 Å². The minimum Gasteiger partial charge on any atom is -0.496 e. The van der Waals surface area contributed by atoms with Gasteiger partial charge in [0.25, 0.3) is 0 Å². The fraction of sp³-hybridized carbons (Fsp3) is 0.286. The van der Waals surface area contributed by atoms with Crippen molar-refractivity contribution in [3.63, 3.8) is 0 Å². The van der Waals surface area contributed by atoms with Gasteiger partial charge in [-0.1, -0.05) is 15.9 Å². The van der Waals surface area contributed by atoms with Gasteiger partial charge in [0.05, 0.1) is 16.9 Å². The normalized spacial score (nSPS) is 12.5. The standard InChI is InChI=1S/C14H15Br2NOS/c1-8-6-11(18-3)9(7-10(8)15)14(17-2)12-4-5-13(16)19-12/h4-7,14,17H,1-3H3. The van der Waals surface area contributed by atoms with Crippen molar-refractivity contribution in [1.29, 1.82) is 0 Å². The Bertz CT molecular complexity index is 583. The monoisotopic (exact) mass is 403 g/mol. The zero-order valence-electron chi connectivity index (χ0n) is 11.0. The number of hydrogen-bond acceptors (Lipinski definition) is 3. The summed E-state index contributed by atoms with van der Waals surface area (Å²) in [6, 6.07) is 8.52. The number of aryl methyl sites for hydroxylation is 1. The summed E-state index contributed by atoms with van der Waals surface area (Å²) in [6.45, 7) is 2.06. The molecule has 2 rings (SSSR count). The van der Waals surface area contributed by atoms with Crippen LogP contribution in [0.5, 0.6) is 5.75 Å². The number of nitrogens with one attached hydrogen (secondary N) is 1. The van der Waals surface area contributed by atoms with E-state index in [1.165, 1.54) is 10.4 Å². The van der Waals surface area contributed by atoms with Crippen LogP contribution in [0.3, 0.4) is 0 Å². The predicted molar refractivity (Wildman–Crippen MR) is 88.4 cm³/mol. The molecule has 0 radical (unpaired) electrons. The Labute approximate surface area is 134 Å². The lowest BCUT2D eigenvalue weighted by atomic mass is 10.0. The van der Waals surface area contributed by atoms with Gasteiger partial charge in [-0.2, -0.15) is 0 Å². The van der Waals surface area contributed by atoms with Crippen LogP contribution in [0.1, 0.15) is 22.0 Å². The quantitative estimate of drug-likeness (QED) is 0.782. The second-order valence-electron chi connectivity index (χ2n) is 4.21. The molecule has 1 aromatic carbocycles. The number of rotatable bonds is 4. The first-order chi connectivity index (χ1) is 9.06. The Morgan fingerprint density at radius 2 is 2.00 bits per heavy atom. The molecule has 0 bridgehead atoms. The Hall–Kier alpha value is -0.360. The minimum absolute atomic E-state index is 0.128. The zero-order chi connectivity index (χ0) is 14.0. The van der Waals surface area contributed by atoms with E-state index in [1.54, 1.807) is 18.4 Å². The SMILES string of the molecule is CNC(c1ccc(Br)s1)c1cc(Br)c(C)cc1OC. The molecule has 1 unspecified atom stereocenters. The second kappa shape index (κ2) is 6.39. The van der Waals surface area contributed by atoms with Crippen molar-refractivity contribution in [2.24, 2.45) is 0 Å². The van der Waals surface area contributed by atoms with Gasteiger partial charge in [0.1, 0.15) is 5.75 Å². The van der Waals surface area contributed by atoms with E-state index in [0.29, 0.717) is 0 Å². The molecule has 2 aromatic rings. The molecule has 0 amide bonds. The van der Waals surface area contributed by atoms with Crippen LogP contribution in [0, 0.1) is 6.92 Å². The van der Waals surface area contributed by atoms with E-state index < -0.39 is 0 Å². The largest absolute Gasteiger partial charge is 0.496 e. The lowest BCUT2D eigenvalue weighted by molar-refractivity contribution is 0.405. The van der Waals surface area contributed by atoms with E-state index in [9.17, 15) is 0 Å². The van der Waals surface area contributed by atoms with Crippen molar-refractivity contribution in [2.45, 2.75) is 13.0 Å². The number of benzene rings is 1. The smallest absolute Gasteiger partial charge is 0.124 e. The molecule has 0 aliphatic heterocycles. The Morgan fingerprint density at radius 3 is 2.53 bits per heavy atom. The molecule has 0 saturated carbocycles. The van der Waals surface area contributed by atoms with Gasteiger partial charge in [-0.05, 0) is 59.7 Å². The molecule has 102 valence electrons. The van der Waals surface area contributed by atoms with Crippen LogP contribution >= 0.6 is 43.2 Å². The molecule has 0 fully saturated rings. The molecule has 0 spiro atoms. The van der Waals surface area contributed by atoms with Crippen LogP contribution in [0.4, 0.5) is 0 Å². The molecule has 0 aliphatic rings. The third-order valence-corrected chi connectivity index (χ3v) is 5.53. The van der Waals surface area contributed by atoms with Gasteiger partial charge in [-0.15, -0.1) is 11.3 Å². The molecule has 1 heterocycles. The average molecular weight is 405 g/mol. The van der Waals surface area contributed by atoms with Gasteiger partial charge in [0.15, 0.2) is 0 Å². The van der Waals surface area contributed by atoms with Gasteiger partial charge in [-0.3, -0.25) is 0 Å². The zero-order valence-corrected chi connectivity index (χ0v) is 14.9. The summed E-state index contributed by atoms with van der Waals surface area (Å²) in [4.78, 5) is 1.25. The summed E-state index contributed by atoms with van der Waals surface area (Å²) >= 11 is 8.84. The lowest BCUT2D eigenvalue weighted by Gasteiger charge is -2.19. The van der Waals surface area contributed by atoms with Gasteiger partial charge >= 0.3 is 0 Å². The molecule has 0 aliphatic carbocycles. The molecule has 1 atom stereocenters. The van der Waals surface area contributed by atoms with E-state index in [4.69, 9.17) is 4.74 Å². The first-order valence-corrected chi connectivity index (χ1v) is 8.23. The molecule has 19 heavy (non-hydrogen) atoms. The van der Waals surface area contributed by atoms with Crippen molar-refractivity contribution in [3.05, 3.63) is 48.5 Å². The van der Waals surface area contributed by atoms with Crippen molar-refractivity contribution >= 4 is 43.2 Å². The van der Waals surface area contributed by atoms with Crippen LogP contribution in [0.15, 0.2) is 32.5 Å². The molecule has 1 aromatic heterocycles. The summed E-state index contributed by atoms with van der Waals surface area (Å²) in [7, 11) is 3.68. The summed E-state index contributed by atoms with van der Waals surface area (Å²) in [5, 5.41) is 3.36. The second-order valence-corrected chi connectivity index (χ2v) is 7.56. The Kier molecular flexibility index (Phi) is 5.06. The van der Waals surface area contributed by atoms with Crippen LogP contribution in [-0.4, -0.2) is 14.2 Å². The van der Waals surface area contributed by atoms with E-state index in [2.05, 4.69) is 68.4 Å². The lowest BCUT2D eigenvalue weighted by Crippen LogP contribution is -2.17. The maximum absolute atomic E-state index is 5.52. The van der Waals surface area contributed by atoms with E-state index in [0.717, 1.165) is 19.6 Å². The van der Waals surface area contributed by atoms with Crippen LogP contribution in [0.25, 0.3) is 0 Å². The van der Waals surface area contributed by atoms with Crippen molar-refractivity contribution in [3.8, 4) is 5.75 Å². The van der Waals surface area contributed by atoms with Crippen LogP contribution < -0.4 is 10.1 Å².